The Balaban J connectivity index is 2.65. The van der Waals surface area contributed by atoms with Gasteiger partial charge in [-0.25, -0.2) is 13.6 Å². The molecular formula is C13H16N2O4S. The Morgan fingerprint density at radius 1 is 1.40 bits per heavy atom. The monoisotopic (exact) mass is 296 g/mol. The predicted octanol–water partition coefficient (Wildman–Crippen LogP) is -0.561. The first-order chi connectivity index (χ1) is 9.42. The van der Waals surface area contributed by atoms with E-state index in [0.717, 1.165) is 0 Å². The Labute approximate surface area is 118 Å². The number of sulfonamides is 1. The van der Waals surface area contributed by atoms with Gasteiger partial charge >= 0.3 is 0 Å². The zero-order valence-corrected chi connectivity index (χ0v) is 11.6. The molecule has 1 rings (SSSR count). The number of aliphatic hydroxyl groups excluding tert-OH is 1. The van der Waals surface area contributed by atoms with Crippen LogP contribution in [-0.4, -0.2) is 38.3 Å². The molecule has 108 valence electrons. The molecule has 0 aliphatic carbocycles. The van der Waals surface area contributed by atoms with Crippen molar-refractivity contribution in [1.29, 1.82) is 0 Å². The molecule has 0 bridgehead atoms. The van der Waals surface area contributed by atoms with Gasteiger partial charge in [0.05, 0.1) is 12.4 Å². The number of carbonyl (C=O) groups excluding carboxylic acids is 1. The fourth-order valence-electron chi connectivity index (χ4n) is 1.37. The van der Waals surface area contributed by atoms with Crippen LogP contribution in [0.5, 0.6) is 0 Å². The van der Waals surface area contributed by atoms with Gasteiger partial charge in [0.25, 0.3) is 5.91 Å². The van der Waals surface area contributed by atoms with E-state index in [-0.39, 0.29) is 24.8 Å². The third-order valence-corrected chi connectivity index (χ3v) is 3.04. The Hall–Kier alpha value is -1.88. The van der Waals surface area contributed by atoms with Gasteiger partial charge < -0.3 is 10.4 Å². The van der Waals surface area contributed by atoms with Gasteiger partial charge in [-0.15, -0.1) is 0 Å². The summed E-state index contributed by atoms with van der Waals surface area (Å²) in [6.45, 7) is -0.0567. The number of amides is 1. The van der Waals surface area contributed by atoms with Crippen molar-refractivity contribution in [1.82, 2.24) is 5.32 Å². The van der Waals surface area contributed by atoms with E-state index in [2.05, 4.69) is 17.2 Å². The summed E-state index contributed by atoms with van der Waals surface area (Å²) in [5.74, 6) is 4.87. The number of benzene rings is 1. The second-order valence-electron chi connectivity index (χ2n) is 3.98. The summed E-state index contributed by atoms with van der Waals surface area (Å²) >= 11 is 0. The molecule has 0 aliphatic heterocycles. The third kappa shape index (κ3) is 6.33. The van der Waals surface area contributed by atoms with Gasteiger partial charge in [0.15, 0.2) is 0 Å². The Morgan fingerprint density at radius 2 is 2.15 bits per heavy atom. The molecule has 0 unspecified atom stereocenters. The highest BCUT2D eigenvalue weighted by Gasteiger charge is 2.07. The quantitative estimate of drug-likeness (QED) is 0.633. The maximum absolute atomic E-state index is 11.8. The van der Waals surface area contributed by atoms with E-state index in [9.17, 15) is 13.2 Å². The normalized spacial score (nSPS) is 10.5. The largest absolute Gasteiger partial charge is 0.395 e. The molecule has 0 saturated carbocycles. The number of rotatable bonds is 5. The minimum atomic E-state index is -3.59. The van der Waals surface area contributed by atoms with Crippen LogP contribution >= 0.6 is 0 Å². The first-order valence-electron chi connectivity index (χ1n) is 5.91. The van der Waals surface area contributed by atoms with Crippen molar-refractivity contribution in [2.24, 2.45) is 5.14 Å². The minimum absolute atomic E-state index is 0.0132. The average molecular weight is 296 g/mol. The number of aliphatic hydroxyl groups is 1. The van der Waals surface area contributed by atoms with E-state index >= 15 is 0 Å². The summed E-state index contributed by atoms with van der Waals surface area (Å²) in [5.41, 5.74) is 1.03. The highest BCUT2D eigenvalue weighted by Crippen LogP contribution is 2.04. The molecule has 0 aromatic heterocycles. The fourth-order valence-corrected chi connectivity index (χ4v) is 1.75. The summed E-state index contributed by atoms with van der Waals surface area (Å²) in [4.78, 5) is 11.8. The van der Waals surface area contributed by atoms with Crippen molar-refractivity contribution in [3.8, 4) is 11.8 Å². The highest BCUT2D eigenvalue weighted by atomic mass is 32.2. The van der Waals surface area contributed by atoms with Crippen LogP contribution in [0.25, 0.3) is 0 Å². The van der Waals surface area contributed by atoms with Crippen LogP contribution in [0.15, 0.2) is 24.3 Å². The van der Waals surface area contributed by atoms with Crippen molar-refractivity contribution in [2.45, 2.75) is 6.42 Å². The maximum Gasteiger partial charge on any atom is 0.251 e. The molecule has 0 heterocycles. The van der Waals surface area contributed by atoms with Gasteiger partial charge in [0.2, 0.25) is 10.0 Å². The topological polar surface area (TPSA) is 109 Å². The van der Waals surface area contributed by atoms with E-state index in [4.69, 9.17) is 10.2 Å². The standard InChI is InChI=1S/C13H16N2O4S/c14-20(18,19)9-7-15-13(17)12-6-3-5-11(10-12)4-1-2-8-16/h3,5-6,10,16H,2,7-9H2,(H,15,17)(H2,14,18,19). The summed E-state index contributed by atoms with van der Waals surface area (Å²) < 4.78 is 21.5. The number of nitrogens with one attached hydrogen (secondary N) is 1. The number of hydrogen-bond acceptors (Lipinski definition) is 4. The van der Waals surface area contributed by atoms with E-state index in [0.29, 0.717) is 17.5 Å². The Bertz CT molecular complexity index is 629. The molecular weight excluding hydrogens is 280 g/mol. The Kier molecular flexibility index (Phi) is 6.18. The molecule has 0 saturated heterocycles. The minimum Gasteiger partial charge on any atom is -0.395 e. The van der Waals surface area contributed by atoms with E-state index in [1.807, 2.05) is 0 Å². The van der Waals surface area contributed by atoms with Crippen LogP contribution in [0.3, 0.4) is 0 Å². The second-order valence-corrected chi connectivity index (χ2v) is 5.71. The van der Waals surface area contributed by atoms with Crippen molar-refractivity contribution < 1.29 is 18.3 Å². The summed E-state index contributed by atoms with van der Waals surface area (Å²) in [7, 11) is -3.59. The van der Waals surface area contributed by atoms with Crippen LogP contribution in [0.4, 0.5) is 0 Å². The lowest BCUT2D eigenvalue weighted by molar-refractivity contribution is 0.0956. The highest BCUT2D eigenvalue weighted by molar-refractivity contribution is 7.89. The van der Waals surface area contributed by atoms with Crippen molar-refractivity contribution in [3.05, 3.63) is 35.4 Å². The van der Waals surface area contributed by atoms with Gasteiger partial charge in [-0.05, 0) is 18.2 Å². The van der Waals surface area contributed by atoms with Gasteiger partial charge in [-0.1, -0.05) is 17.9 Å². The molecule has 0 atom stereocenters. The van der Waals surface area contributed by atoms with E-state index < -0.39 is 10.0 Å². The number of nitrogens with two attached hydrogens (primary N) is 1. The lowest BCUT2D eigenvalue weighted by Crippen LogP contribution is -2.31. The van der Waals surface area contributed by atoms with Gasteiger partial charge in [-0.3, -0.25) is 4.79 Å². The molecule has 0 aliphatic rings. The molecule has 7 heteroatoms. The van der Waals surface area contributed by atoms with Crippen LogP contribution in [0.2, 0.25) is 0 Å². The zero-order valence-electron chi connectivity index (χ0n) is 10.8. The van der Waals surface area contributed by atoms with Crippen LogP contribution in [0.1, 0.15) is 22.3 Å². The van der Waals surface area contributed by atoms with Crippen LogP contribution in [-0.2, 0) is 10.0 Å². The molecule has 0 radical (unpaired) electrons. The summed E-state index contributed by atoms with van der Waals surface area (Å²) in [5, 5.41) is 15.9. The fraction of sp³-hybridized carbons (Fsp3) is 0.308. The summed E-state index contributed by atoms with van der Waals surface area (Å²) in [6, 6.07) is 6.61. The smallest absolute Gasteiger partial charge is 0.251 e. The van der Waals surface area contributed by atoms with Crippen molar-refractivity contribution in [2.75, 3.05) is 18.9 Å². The average Bonchev–Trinajstić information content (AvgIpc) is 2.38. The van der Waals surface area contributed by atoms with Crippen LogP contribution in [0, 0.1) is 11.8 Å². The molecule has 0 spiro atoms. The second kappa shape index (κ2) is 7.65. The summed E-state index contributed by atoms with van der Waals surface area (Å²) in [6.07, 6.45) is 0.366. The SMILES string of the molecule is NS(=O)(=O)CCNC(=O)c1cccc(C#CCCO)c1. The predicted molar refractivity (Wildman–Crippen MR) is 75.3 cm³/mol. The first-order valence-corrected chi connectivity index (χ1v) is 7.62. The molecule has 1 aromatic rings. The molecule has 1 aromatic carbocycles. The van der Waals surface area contributed by atoms with Crippen molar-refractivity contribution in [3.63, 3.8) is 0 Å². The first kappa shape index (κ1) is 16.2. The molecule has 0 fully saturated rings. The van der Waals surface area contributed by atoms with Gasteiger partial charge in [0, 0.05) is 24.1 Å². The lowest BCUT2D eigenvalue weighted by atomic mass is 10.1. The zero-order chi connectivity index (χ0) is 15.0. The van der Waals surface area contributed by atoms with E-state index in [1.165, 1.54) is 0 Å². The van der Waals surface area contributed by atoms with Gasteiger partial charge in [-0.2, -0.15) is 0 Å². The molecule has 20 heavy (non-hydrogen) atoms. The maximum atomic E-state index is 11.8. The number of carbonyl (C=O) groups is 1. The van der Waals surface area contributed by atoms with Crippen molar-refractivity contribution >= 4 is 15.9 Å². The lowest BCUT2D eigenvalue weighted by Gasteiger charge is -2.04. The molecule has 1 amide bonds. The number of primary sulfonamides is 1. The molecule has 4 N–H and O–H groups in total. The third-order valence-electron chi connectivity index (χ3n) is 2.27. The van der Waals surface area contributed by atoms with E-state index in [1.54, 1.807) is 24.3 Å². The van der Waals surface area contributed by atoms with Gasteiger partial charge in [0.1, 0.15) is 0 Å². The Morgan fingerprint density at radius 3 is 2.80 bits per heavy atom. The molecule has 6 nitrogen and oxygen atoms in total. The number of hydrogen-bond donors (Lipinski definition) is 3. The van der Waals surface area contributed by atoms with Crippen LogP contribution < -0.4 is 10.5 Å².